The van der Waals surface area contributed by atoms with Gasteiger partial charge < -0.3 is 9.74 Å². The molecule has 0 unspecified atom stereocenters. The molecule has 0 spiro atoms. The maximum absolute atomic E-state index is 13.5. The van der Waals surface area contributed by atoms with E-state index in [1.165, 1.54) is 12.1 Å². The molecule has 2 aromatic rings. The highest BCUT2D eigenvalue weighted by Crippen LogP contribution is 2.32. The zero-order chi connectivity index (χ0) is 19.7. The summed E-state index contributed by atoms with van der Waals surface area (Å²) < 4.78 is 13.5. The largest absolute Gasteiger partial charge is 0.390 e. The first kappa shape index (κ1) is 19.2. The molecule has 146 valence electrons. The van der Waals surface area contributed by atoms with E-state index in [9.17, 15) is 9.18 Å². The van der Waals surface area contributed by atoms with Gasteiger partial charge in [-0.1, -0.05) is 46.6 Å². The average Bonchev–Trinajstić information content (AvgIpc) is 3.42. The molecule has 1 atom stereocenters. The topological polar surface area (TPSA) is 41.9 Å². The molecule has 7 heteroatoms. The predicted molar refractivity (Wildman–Crippen MR) is 107 cm³/mol. The van der Waals surface area contributed by atoms with Crippen LogP contribution in [0.15, 0.2) is 47.6 Å². The van der Waals surface area contributed by atoms with Gasteiger partial charge >= 0.3 is 0 Å². The molecule has 0 saturated heterocycles. The van der Waals surface area contributed by atoms with Crippen LogP contribution in [0.4, 0.5) is 4.39 Å². The molecule has 1 aliphatic carbocycles. The Hall–Kier alpha value is -2.11. The highest BCUT2D eigenvalue weighted by Gasteiger charge is 2.35. The predicted octanol–water partition coefficient (Wildman–Crippen LogP) is 5.06. The Balaban J connectivity index is 1.44. The fraction of sp³-hybridized carbons (Fsp3) is 0.333. The van der Waals surface area contributed by atoms with Gasteiger partial charge in [-0.25, -0.2) is 4.39 Å². The van der Waals surface area contributed by atoms with Gasteiger partial charge in [-0.15, -0.1) is 0 Å². The molecule has 28 heavy (non-hydrogen) atoms. The summed E-state index contributed by atoms with van der Waals surface area (Å²) >= 11 is 12.1. The van der Waals surface area contributed by atoms with Gasteiger partial charge in [0.25, 0.3) is 0 Å². The lowest BCUT2D eigenvalue weighted by molar-refractivity contribution is -0.135. The van der Waals surface area contributed by atoms with Crippen LogP contribution in [-0.4, -0.2) is 29.2 Å². The number of benzene rings is 2. The van der Waals surface area contributed by atoms with Gasteiger partial charge in [-0.3, -0.25) is 4.79 Å². The number of carbonyl (C=O) groups excluding carboxylic acids is 1. The summed E-state index contributed by atoms with van der Waals surface area (Å²) in [6.45, 7) is 0.759. The minimum absolute atomic E-state index is 0.0745. The summed E-state index contributed by atoms with van der Waals surface area (Å²) in [4.78, 5) is 20.1. The number of oxime groups is 1. The monoisotopic (exact) mass is 420 g/mol. The molecule has 1 fully saturated rings. The van der Waals surface area contributed by atoms with Crippen LogP contribution in [0.25, 0.3) is 0 Å². The number of amides is 1. The van der Waals surface area contributed by atoms with E-state index in [1.54, 1.807) is 23.1 Å². The van der Waals surface area contributed by atoms with Gasteiger partial charge in [0.15, 0.2) is 6.10 Å². The first-order chi connectivity index (χ1) is 13.5. The summed E-state index contributed by atoms with van der Waals surface area (Å²) in [5.41, 5.74) is 2.38. The van der Waals surface area contributed by atoms with Crippen molar-refractivity contribution in [2.24, 2.45) is 11.1 Å². The van der Waals surface area contributed by atoms with Crippen molar-refractivity contribution in [3.8, 4) is 0 Å². The first-order valence-corrected chi connectivity index (χ1v) is 9.96. The minimum atomic E-state index is -0.307. The molecule has 1 aliphatic heterocycles. The van der Waals surface area contributed by atoms with E-state index in [0.717, 1.165) is 29.7 Å². The van der Waals surface area contributed by atoms with Crippen molar-refractivity contribution < 1.29 is 14.0 Å². The fourth-order valence-electron chi connectivity index (χ4n) is 3.29. The van der Waals surface area contributed by atoms with Crippen molar-refractivity contribution in [3.05, 3.63) is 69.5 Å². The zero-order valence-electron chi connectivity index (χ0n) is 15.1. The Morgan fingerprint density at radius 3 is 2.71 bits per heavy atom. The van der Waals surface area contributed by atoms with Crippen molar-refractivity contribution in [3.63, 3.8) is 0 Å². The van der Waals surface area contributed by atoms with Crippen molar-refractivity contribution in [1.29, 1.82) is 0 Å². The molecule has 2 aliphatic rings. The minimum Gasteiger partial charge on any atom is -0.390 e. The second-order valence-corrected chi connectivity index (χ2v) is 8.04. The van der Waals surface area contributed by atoms with Crippen molar-refractivity contribution in [2.75, 3.05) is 6.54 Å². The van der Waals surface area contributed by atoms with Crippen molar-refractivity contribution in [2.45, 2.75) is 31.9 Å². The lowest BCUT2D eigenvalue weighted by atomic mass is 10.0. The molecule has 1 saturated carbocycles. The van der Waals surface area contributed by atoms with E-state index in [-0.39, 0.29) is 23.7 Å². The summed E-state index contributed by atoms with van der Waals surface area (Å²) in [7, 11) is 0. The fourth-order valence-corrected chi connectivity index (χ4v) is 3.59. The van der Waals surface area contributed by atoms with Crippen LogP contribution in [-0.2, 0) is 16.2 Å². The number of carbonyl (C=O) groups is 1. The standard InChI is InChI=1S/C21H19Cl2FN2O2/c22-18-7-6-15(9-19(18)23)20-10-17(28-25-20)12-26(21(27)14-4-5-14)11-13-2-1-3-16(24)8-13/h1-3,6-9,14,17H,4-5,10-12H2/t17-/m0/s1. The van der Waals surface area contributed by atoms with Crippen LogP contribution < -0.4 is 0 Å². The van der Waals surface area contributed by atoms with Gasteiger partial charge in [-0.05, 0) is 42.7 Å². The third kappa shape index (κ3) is 4.47. The van der Waals surface area contributed by atoms with Crippen molar-refractivity contribution >= 4 is 34.8 Å². The van der Waals surface area contributed by atoms with Crippen LogP contribution in [0.5, 0.6) is 0 Å². The molecule has 0 aromatic heterocycles. The van der Waals surface area contributed by atoms with Crippen LogP contribution in [0.2, 0.25) is 10.0 Å². The van der Waals surface area contributed by atoms with Gasteiger partial charge in [0.05, 0.1) is 22.3 Å². The number of rotatable bonds is 6. The Kier molecular flexibility index (Phi) is 5.56. The third-order valence-electron chi connectivity index (χ3n) is 4.91. The lowest BCUT2D eigenvalue weighted by Gasteiger charge is -2.25. The molecule has 4 nitrogen and oxygen atoms in total. The average molecular weight is 421 g/mol. The van der Waals surface area contributed by atoms with E-state index in [4.69, 9.17) is 28.0 Å². The summed E-state index contributed by atoms with van der Waals surface area (Å²) in [6.07, 6.45) is 2.14. The Morgan fingerprint density at radius 1 is 1.18 bits per heavy atom. The van der Waals surface area contributed by atoms with Crippen LogP contribution in [0.1, 0.15) is 30.4 Å². The van der Waals surface area contributed by atoms with Gasteiger partial charge in [0.1, 0.15) is 5.82 Å². The molecule has 1 amide bonds. The molecule has 0 radical (unpaired) electrons. The second-order valence-electron chi connectivity index (χ2n) is 7.22. The van der Waals surface area contributed by atoms with E-state index in [2.05, 4.69) is 5.16 Å². The molecular weight excluding hydrogens is 402 g/mol. The normalized spacial score (nSPS) is 18.5. The van der Waals surface area contributed by atoms with Crippen LogP contribution >= 0.6 is 23.2 Å². The maximum atomic E-state index is 13.5. The molecule has 0 N–H and O–H groups in total. The molecule has 1 heterocycles. The Labute approximate surface area is 172 Å². The van der Waals surface area contributed by atoms with E-state index in [1.807, 2.05) is 12.1 Å². The summed E-state index contributed by atoms with van der Waals surface area (Å²) in [6, 6.07) is 11.7. The number of halogens is 3. The zero-order valence-corrected chi connectivity index (χ0v) is 16.6. The Morgan fingerprint density at radius 2 is 2.00 bits per heavy atom. The van der Waals surface area contributed by atoms with E-state index < -0.39 is 0 Å². The maximum Gasteiger partial charge on any atom is 0.226 e. The quantitative estimate of drug-likeness (QED) is 0.654. The number of hydrogen-bond donors (Lipinski definition) is 0. The van der Waals surface area contributed by atoms with Gasteiger partial charge in [0.2, 0.25) is 5.91 Å². The SMILES string of the molecule is O=C(C1CC1)N(Cc1cccc(F)c1)C[C@@H]1CC(c2ccc(Cl)c(Cl)c2)=NO1. The van der Waals surface area contributed by atoms with Gasteiger partial charge in [-0.2, -0.15) is 0 Å². The Bertz CT molecular complexity index is 930. The first-order valence-electron chi connectivity index (χ1n) is 9.21. The van der Waals surface area contributed by atoms with Gasteiger partial charge in [0, 0.05) is 24.4 Å². The van der Waals surface area contributed by atoms with E-state index >= 15 is 0 Å². The number of nitrogens with zero attached hydrogens (tertiary/aromatic N) is 2. The van der Waals surface area contributed by atoms with Crippen LogP contribution in [0.3, 0.4) is 0 Å². The smallest absolute Gasteiger partial charge is 0.226 e. The van der Waals surface area contributed by atoms with Crippen molar-refractivity contribution in [1.82, 2.24) is 4.90 Å². The summed E-state index contributed by atoms with van der Waals surface area (Å²) in [5, 5.41) is 5.11. The van der Waals surface area contributed by atoms with Crippen LogP contribution in [0, 0.1) is 11.7 Å². The number of hydrogen-bond acceptors (Lipinski definition) is 3. The third-order valence-corrected chi connectivity index (χ3v) is 5.65. The molecule has 0 bridgehead atoms. The highest BCUT2D eigenvalue weighted by atomic mass is 35.5. The lowest BCUT2D eigenvalue weighted by Crippen LogP contribution is -2.38. The summed E-state index contributed by atoms with van der Waals surface area (Å²) in [5.74, 6) is -0.139. The second kappa shape index (κ2) is 8.10. The van der Waals surface area contributed by atoms with E-state index in [0.29, 0.717) is 29.6 Å². The molecule has 2 aromatic carbocycles. The molecular formula is C21H19Cl2FN2O2. The highest BCUT2D eigenvalue weighted by molar-refractivity contribution is 6.42. The molecule has 4 rings (SSSR count).